The first-order valence-corrected chi connectivity index (χ1v) is 17.1. The topological polar surface area (TPSA) is 3.24 Å². The lowest BCUT2D eigenvalue weighted by Crippen LogP contribution is -2.14. The molecule has 1 heterocycles. The van der Waals surface area contributed by atoms with Crippen molar-refractivity contribution in [2.24, 2.45) is 0 Å². The maximum absolute atomic E-state index is 2.41. The van der Waals surface area contributed by atoms with Gasteiger partial charge in [-0.05, 0) is 87.0 Å². The molecule has 0 bridgehead atoms. The van der Waals surface area contributed by atoms with E-state index in [2.05, 4.69) is 183 Å². The third kappa shape index (κ3) is 4.52. The molecule has 0 amide bonds. The second-order valence-electron chi connectivity index (χ2n) is 13.0. The number of benzene rings is 7. The summed E-state index contributed by atoms with van der Waals surface area (Å²) in [5.74, 6) is 0. The lowest BCUT2D eigenvalue weighted by molar-refractivity contribution is 0.660. The van der Waals surface area contributed by atoms with E-state index in [0.29, 0.717) is 0 Å². The fourth-order valence-corrected chi connectivity index (χ4v) is 8.68. The van der Waals surface area contributed by atoms with E-state index in [4.69, 9.17) is 0 Å². The van der Waals surface area contributed by atoms with Gasteiger partial charge < -0.3 is 4.90 Å². The minimum Gasteiger partial charge on any atom is -0.309 e. The zero-order valence-electron chi connectivity index (χ0n) is 26.4. The molecule has 0 saturated carbocycles. The third-order valence-electron chi connectivity index (χ3n) is 9.90. The van der Waals surface area contributed by atoms with E-state index in [9.17, 15) is 0 Å². The van der Waals surface area contributed by atoms with Gasteiger partial charge in [0.05, 0.1) is 10.4 Å². The van der Waals surface area contributed by atoms with Gasteiger partial charge in [-0.2, -0.15) is 0 Å². The Morgan fingerprint density at radius 3 is 1.79 bits per heavy atom. The maximum atomic E-state index is 2.41. The molecule has 0 N–H and O–H groups in total. The molecule has 0 spiro atoms. The van der Waals surface area contributed by atoms with Gasteiger partial charge in [0.15, 0.2) is 0 Å². The number of hydrogen-bond donors (Lipinski definition) is 0. The van der Waals surface area contributed by atoms with E-state index in [1.807, 2.05) is 11.3 Å². The van der Waals surface area contributed by atoms with Gasteiger partial charge in [-0.25, -0.2) is 0 Å². The Hall–Kier alpha value is -5.44. The molecule has 0 aliphatic heterocycles. The maximum Gasteiger partial charge on any atom is 0.0640 e. The van der Waals surface area contributed by atoms with Crippen molar-refractivity contribution in [3.8, 4) is 33.4 Å². The van der Waals surface area contributed by atoms with Crippen LogP contribution < -0.4 is 4.90 Å². The van der Waals surface area contributed by atoms with Crippen molar-refractivity contribution in [1.29, 1.82) is 0 Å². The molecule has 1 aliphatic rings. The molecule has 224 valence electrons. The van der Waals surface area contributed by atoms with Crippen molar-refractivity contribution < 1.29 is 0 Å². The predicted octanol–water partition coefficient (Wildman–Crippen LogP) is 13.2. The van der Waals surface area contributed by atoms with Gasteiger partial charge in [0.25, 0.3) is 0 Å². The highest BCUT2D eigenvalue weighted by atomic mass is 32.1. The fourth-order valence-electron chi connectivity index (χ4n) is 7.47. The Bertz CT molecular complexity index is 2410. The van der Waals surface area contributed by atoms with Crippen molar-refractivity contribution in [3.05, 3.63) is 175 Å². The van der Waals surface area contributed by atoms with Gasteiger partial charge in [0, 0.05) is 32.3 Å². The van der Waals surface area contributed by atoms with Gasteiger partial charge in [-0.1, -0.05) is 135 Å². The molecule has 9 rings (SSSR count). The molecule has 0 saturated heterocycles. The molecule has 0 fully saturated rings. The molecule has 1 nitrogen and oxygen atoms in total. The third-order valence-corrected chi connectivity index (χ3v) is 11.1. The van der Waals surface area contributed by atoms with Crippen LogP contribution in [-0.2, 0) is 5.41 Å². The summed E-state index contributed by atoms with van der Waals surface area (Å²) in [6.07, 6.45) is 0. The first-order valence-electron chi connectivity index (χ1n) is 16.3. The molecule has 1 aliphatic carbocycles. The van der Waals surface area contributed by atoms with Crippen LogP contribution in [0.1, 0.15) is 25.0 Å². The summed E-state index contributed by atoms with van der Waals surface area (Å²) in [6.45, 7) is 4.68. The second-order valence-corrected chi connectivity index (χ2v) is 14.0. The van der Waals surface area contributed by atoms with Crippen LogP contribution in [0.5, 0.6) is 0 Å². The zero-order chi connectivity index (χ0) is 31.5. The highest BCUT2D eigenvalue weighted by Crippen LogP contribution is 2.50. The number of hydrogen-bond acceptors (Lipinski definition) is 2. The zero-order valence-corrected chi connectivity index (χ0v) is 27.3. The van der Waals surface area contributed by atoms with Crippen molar-refractivity contribution in [2.75, 3.05) is 4.90 Å². The van der Waals surface area contributed by atoms with E-state index in [1.165, 1.54) is 70.4 Å². The number of thiophene rings is 1. The molecule has 2 heteroatoms. The Kier molecular flexibility index (Phi) is 6.41. The largest absolute Gasteiger partial charge is 0.309 e. The first-order chi connectivity index (χ1) is 23.1. The summed E-state index contributed by atoms with van der Waals surface area (Å²) in [7, 11) is 0. The summed E-state index contributed by atoms with van der Waals surface area (Å²) in [6, 6.07) is 60.0. The predicted molar refractivity (Wildman–Crippen MR) is 202 cm³/mol. The minimum atomic E-state index is 0.0124. The summed E-state index contributed by atoms with van der Waals surface area (Å²) in [5.41, 5.74) is 13.9. The highest BCUT2D eigenvalue weighted by Gasteiger charge is 2.35. The Balaban J connectivity index is 1.16. The molecular weight excluding hydrogens is 587 g/mol. The van der Waals surface area contributed by atoms with E-state index >= 15 is 0 Å². The van der Waals surface area contributed by atoms with Crippen LogP contribution in [-0.4, -0.2) is 0 Å². The number of anilines is 3. The molecule has 0 radical (unpaired) electrons. The van der Waals surface area contributed by atoms with Crippen LogP contribution >= 0.6 is 11.3 Å². The normalized spacial score (nSPS) is 13.1. The molecule has 1 aromatic heterocycles. The average molecular weight is 620 g/mol. The van der Waals surface area contributed by atoms with Crippen molar-refractivity contribution in [1.82, 2.24) is 0 Å². The molecule has 7 aromatic carbocycles. The molecule has 47 heavy (non-hydrogen) atoms. The van der Waals surface area contributed by atoms with Gasteiger partial charge >= 0.3 is 0 Å². The van der Waals surface area contributed by atoms with Crippen molar-refractivity contribution >= 4 is 48.6 Å². The van der Waals surface area contributed by atoms with E-state index in [0.717, 1.165) is 11.4 Å². The standard InChI is InChI=1S/C45H33NS/c1-45(2)40-16-8-6-13-36(40)39-29-33(23-28-41(39)45)32-21-26-35(27-22-32)46(34-24-19-31(20-25-34)30-11-4-3-5-12-30)42-17-10-15-38-37-14-7-9-18-43(37)47-44(38)42/h3-29H,1-2H3. The van der Waals surface area contributed by atoms with Gasteiger partial charge in [-0.15, -0.1) is 11.3 Å². The van der Waals surface area contributed by atoms with Gasteiger partial charge in [0.2, 0.25) is 0 Å². The van der Waals surface area contributed by atoms with E-state index in [-0.39, 0.29) is 5.41 Å². The minimum absolute atomic E-state index is 0.0124. The van der Waals surface area contributed by atoms with E-state index < -0.39 is 0 Å². The van der Waals surface area contributed by atoms with Gasteiger partial charge in [-0.3, -0.25) is 0 Å². The SMILES string of the molecule is CC1(C)c2ccccc2-c2cc(-c3ccc(N(c4ccc(-c5ccccc5)cc4)c4cccc5c4sc4ccccc45)cc3)ccc21. The van der Waals surface area contributed by atoms with Crippen LogP contribution in [0, 0.1) is 0 Å². The molecule has 0 atom stereocenters. The van der Waals surface area contributed by atoms with Crippen LogP contribution in [0.15, 0.2) is 164 Å². The van der Waals surface area contributed by atoms with Crippen molar-refractivity contribution in [3.63, 3.8) is 0 Å². The Morgan fingerprint density at radius 1 is 0.447 bits per heavy atom. The summed E-state index contributed by atoms with van der Waals surface area (Å²) >= 11 is 1.87. The number of fused-ring (bicyclic) bond motifs is 6. The van der Waals surface area contributed by atoms with Crippen LogP contribution in [0.4, 0.5) is 17.1 Å². The number of nitrogens with zero attached hydrogens (tertiary/aromatic N) is 1. The van der Waals surface area contributed by atoms with Crippen LogP contribution in [0.3, 0.4) is 0 Å². The van der Waals surface area contributed by atoms with Crippen molar-refractivity contribution in [2.45, 2.75) is 19.3 Å². The van der Waals surface area contributed by atoms with Crippen LogP contribution in [0.2, 0.25) is 0 Å². The average Bonchev–Trinajstić information content (AvgIpc) is 3.62. The molecular formula is C45H33NS. The second kappa shape index (κ2) is 10.8. The molecule has 8 aromatic rings. The Labute approximate surface area is 280 Å². The lowest BCUT2D eigenvalue weighted by Gasteiger charge is -2.26. The fraction of sp³-hybridized carbons (Fsp3) is 0.0667. The summed E-state index contributed by atoms with van der Waals surface area (Å²) < 4.78 is 2.61. The highest BCUT2D eigenvalue weighted by molar-refractivity contribution is 7.26. The summed E-state index contributed by atoms with van der Waals surface area (Å²) in [4.78, 5) is 2.41. The smallest absolute Gasteiger partial charge is 0.0640 e. The first kappa shape index (κ1) is 27.8. The monoisotopic (exact) mass is 619 g/mol. The van der Waals surface area contributed by atoms with Crippen LogP contribution in [0.25, 0.3) is 53.6 Å². The quantitative estimate of drug-likeness (QED) is 0.185. The van der Waals surface area contributed by atoms with Gasteiger partial charge in [0.1, 0.15) is 0 Å². The molecule has 0 unspecified atom stereocenters. The number of rotatable bonds is 5. The lowest BCUT2D eigenvalue weighted by atomic mass is 9.82. The van der Waals surface area contributed by atoms with E-state index in [1.54, 1.807) is 0 Å². The summed E-state index contributed by atoms with van der Waals surface area (Å²) in [5, 5.41) is 2.61. The Morgan fingerprint density at radius 2 is 1.02 bits per heavy atom.